The van der Waals surface area contributed by atoms with Gasteiger partial charge in [0.1, 0.15) is 5.10 Å². The van der Waals surface area contributed by atoms with E-state index in [-0.39, 0.29) is 5.96 Å². The Hall–Kier alpha value is -2.44. The molecule has 1 N–H and O–H groups in total. The van der Waals surface area contributed by atoms with Gasteiger partial charge in [0.15, 0.2) is 5.03 Å². The second-order valence-electron chi connectivity index (χ2n) is 4.40. The summed E-state index contributed by atoms with van der Waals surface area (Å²) in [7, 11) is 0. The topological polar surface area (TPSA) is 83.1 Å². The molecule has 1 fully saturated rings. The third kappa shape index (κ3) is 3.53. The molecule has 2 rings (SSSR count). The Balaban J connectivity index is 2.15. The zero-order valence-corrected chi connectivity index (χ0v) is 11.3. The van der Waals surface area contributed by atoms with E-state index in [1.807, 2.05) is 24.3 Å². The highest BCUT2D eigenvalue weighted by Gasteiger charge is 2.19. The van der Waals surface area contributed by atoms with E-state index in [1.54, 1.807) is 11.2 Å². The van der Waals surface area contributed by atoms with E-state index >= 15 is 0 Å². The van der Waals surface area contributed by atoms with Crippen molar-refractivity contribution in [2.24, 2.45) is 10.1 Å². The highest BCUT2D eigenvalue weighted by molar-refractivity contribution is 5.92. The molecule has 0 atom stereocenters. The molecule has 7 heteroatoms. The van der Waals surface area contributed by atoms with E-state index in [9.17, 15) is 10.1 Å². The van der Waals surface area contributed by atoms with Crippen LogP contribution in [0.4, 0.5) is 5.69 Å². The van der Waals surface area contributed by atoms with Crippen LogP contribution in [0, 0.1) is 10.1 Å². The lowest BCUT2D eigenvalue weighted by molar-refractivity contribution is -0.485. The van der Waals surface area contributed by atoms with E-state index in [2.05, 4.69) is 22.3 Å². The fourth-order valence-corrected chi connectivity index (χ4v) is 2.03. The number of aliphatic imine (C=N–C) groups is 1. The van der Waals surface area contributed by atoms with E-state index < -0.39 is 5.03 Å². The van der Waals surface area contributed by atoms with Crippen molar-refractivity contribution in [2.45, 2.75) is 19.8 Å². The molecule has 0 aromatic heterocycles. The maximum Gasteiger partial charge on any atom is 0.276 e. The number of para-hydroxylation sites is 1. The van der Waals surface area contributed by atoms with Crippen molar-refractivity contribution in [3.8, 4) is 0 Å². The number of hydrogen-bond donors (Lipinski definition) is 1. The first-order chi connectivity index (χ1) is 9.70. The monoisotopic (exact) mass is 275 g/mol. The third-order valence-corrected chi connectivity index (χ3v) is 2.93. The summed E-state index contributed by atoms with van der Waals surface area (Å²) >= 11 is 0. The minimum absolute atomic E-state index is 0.228. The Labute approximate surface area is 117 Å². The van der Waals surface area contributed by atoms with Crippen LogP contribution in [-0.2, 0) is 6.42 Å². The molecule has 1 heterocycles. The molecule has 106 valence electrons. The van der Waals surface area contributed by atoms with Gasteiger partial charge in [-0.1, -0.05) is 31.5 Å². The van der Waals surface area contributed by atoms with Gasteiger partial charge in [-0.3, -0.25) is 4.90 Å². The fourth-order valence-electron chi connectivity index (χ4n) is 2.03. The Morgan fingerprint density at radius 1 is 1.50 bits per heavy atom. The smallest absolute Gasteiger partial charge is 0.276 e. The number of nitrogens with zero attached hydrogens (tertiary/aromatic N) is 4. The molecule has 0 bridgehead atoms. The van der Waals surface area contributed by atoms with Crippen LogP contribution in [-0.4, -0.2) is 35.3 Å². The zero-order valence-electron chi connectivity index (χ0n) is 11.3. The first-order valence-electron chi connectivity index (χ1n) is 6.56. The summed E-state index contributed by atoms with van der Waals surface area (Å²) in [6, 6.07) is 7.90. The lowest BCUT2D eigenvalue weighted by Gasteiger charge is -2.09. The highest BCUT2D eigenvalue weighted by atomic mass is 16.7. The van der Waals surface area contributed by atoms with Gasteiger partial charge in [0, 0.05) is 13.1 Å². The lowest BCUT2D eigenvalue weighted by atomic mass is 10.1. The molecule has 0 saturated carbocycles. The highest BCUT2D eigenvalue weighted by Crippen LogP contribution is 2.19. The van der Waals surface area contributed by atoms with Crippen LogP contribution in [0.25, 0.3) is 0 Å². The van der Waals surface area contributed by atoms with Crippen molar-refractivity contribution in [1.82, 2.24) is 10.2 Å². The maximum atomic E-state index is 10.4. The first-order valence-corrected chi connectivity index (χ1v) is 6.56. The molecule has 1 aliphatic heterocycles. The van der Waals surface area contributed by atoms with Crippen molar-refractivity contribution in [3.05, 3.63) is 39.9 Å². The fraction of sp³-hybridized carbons (Fsp3) is 0.385. The van der Waals surface area contributed by atoms with E-state index in [0.717, 1.165) is 18.5 Å². The predicted octanol–water partition coefficient (Wildman–Crippen LogP) is 1.75. The molecule has 1 saturated heterocycles. The quantitative estimate of drug-likeness (QED) is 0.384. The van der Waals surface area contributed by atoms with Gasteiger partial charge in [0.05, 0.1) is 12.0 Å². The number of hydrazone groups is 1. The predicted molar refractivity (Wildman–Crippen MR) is 77.7 cm³/mol. The van der Waals surface area contributed by atoms with E-state index in [0.29, 0.717) is 13.1 Å². The van der Waals surface area contributed by atoms with Crippen molar-refractivity contribution < 1.29 is 5.03 Å². The van der Waals surface area contributed by atoms with Crippen LogP contribution in [0.15, 0.2) is 34.4 Å². The van der Waals surface area contributed by atoms with Crippen molar-refractivity contribution in [1.29, 1.82) is 0 Å². The number of hydrogen-bond acceptors (Lipinski definition) is 3. The summed E-state index contributed by atoms with van der Waals surface area (Å²) in [4.78, 5) is 16.5. The second kappa shape index (κ2) is 6.65. The SMILES string of the molecule is CCCc1ccccc1N=CN1CCN/C1=N/[N+](=O)[O-]. The molecule has 0 spiro atoms. The molecular formula is C13H17N5O2. The zero-order chi connectivity index (χ0) is 14.4. The minimum atomic E-state index is -0.709. The lowest BCUT2D eigenvalue weighted by Crippen LogP contribution is -2.29. The van der Waals surface area contributed by atoms with Gasteiger partial charge in [-0.15, -0.1) is 0 Å². The Morgan fingerprint density at radius 2 is 2.30 bits per heavy atom. The number of guanidine groups is 1. The second-order valence-corrected chi connectivity index (χ2v) is 4.40. The minimum Gasteiger partial charge on any atom is -0.349 e. The number of rotatable bonds is 5. The largest absolute Gasteiger partial charge is 0.349 e. The number of benzene rings is 1. The summed E-state index contributed by atoms with van der Waals surface area (Å²) < 4.78 is 0. The van der Waals surface area contributed by atoms with Gasteiger partial charge in [0.25, 0.3) is 5.96 Å². The van der Waals surface area contributed by atoms with Gasteiger partial charge in [0.2, 0.25) is 0 Å². The number of aryl methyl sites for hydroxylation is 1. The van der Waals surface area contributed by atoms with Crippen LogP contribution in [0.5, 0.6) is 0 Å². The van der Waals surface area contributed by atoms with Gasteiger partial charge in [-0.2, -0.15) is 0 Å². The molecule has 0 aliphatic carbocycles. The van der Waals surface area contributed by atoms with Crippen LogP contribution < -0.4 is 5.32 Å². The normalized spacial score (nSPS) is 16.9. The van der Waals surface area contributed by atoms with Crippen LogP contribution in [0.3, 0.4) is 0 Å². The molecule has 0 unspecified atom stereocenters. The molecule has 1 aromatic carbocycles. The molecule has 0 amide bonds. The van der Waals surface area contributed by atoms with Crippen LogP contribution in [0.2, 0.25) is 0 Å². The van der Waals surface area contributed by atoms with Crippen LogP contribution >= 0.6 is 0 Å². The standard InChI is InChI=1S/C13H17N5O2/c1-2-5-11-6-3-4-7-12(11)15-10-17-9-8-14-13(17)16-18(19)20/h3-4,6-7,10H,2,5,8-9H2,1H3,(H,14,16). The summed E-state index contributed by atoms with van der Waals surface area (Å²) in [6.07, 6.45) is 3.60. The average Bonchev–Trinajstić information content (AvgIpc) is 2.84. The third-order valence-electron chi connectivity index (χ3n) is 2.93. The van der Waals surface area contributed by atoms with Gasteiger partial charge in [-0.25, -0.2) is 15.1 Å². The van der Waals surface area contributed by atoms with E-state index in [1.165, 1.54) is 5.56 Å². The van der Waals surface area contributed by atoms with Crippen molar-refractivity contribution in [3.63, 3.8) is 0 Å². The molecule has 1 aromatic rings. The molecule has 7 nitrogen and oxygen atoms in total. The Kier molecular flexibility index (Phi) is 4.65. The van der Waals surface area contributed by atoms with Gasteiger partial charge < -0.3 is 5.32 Å². The summed E-state index contributed by atoms with van der Waals surface area (Å²) in [5.74, 6) is 0.228. The molecule has 20 heavy (non-hydrogen) atoms. The molecule has 0 radical (unpaired) electrons. The molecular weight excluding hydrogens is 258 g/mol. The first kappa shape index (κ1) is 14.0. The number of nitro groups is 1. The van der Waals surface area contributed by atoms with Gasteiger partial charge >= 0.3 is 0 Å². The average molecular weight is 275 g/mol. The van der Waals surface area contributed by atoms with Crippen molar-refractivity contribution >= 4 is 18.0 Å². The summed E-state index contributed by atoms with van der Waals surface area (Å²) in [5.41, 5.74) is 2.06. The van der Waals surface area contributed by atoms with Crippen molar-refractivity contribution in [2.75, 3.05) is 13.1 Å². The molecule has 1 aliphatic rings. The maximum absolute atomic E-state index is 10.4. The Morgan fingerprint density at radius 3 is 3.05 bits per heavy atom. The van der Waals surface area contributed by atoms with Gasteiger partial charge in [-0.05, 0) is 18.1 Å². The summed E-state index contributed by atoms with van der Waals surface area (Å²) in [6.45, 7) is 3.36. The van der Waals surface area contributed by atoms with Crippen LogP contribution in [0.1, 0.15) is 18.9 Å². The Bertz CT molecular complexity index is 541. The summed E-state index contributed by atoms with van der Waals surface area (Å²) in [5, 5.41) is 15.9. The number of nitrogens with one attached hydrogen (secondary N) is 1. The van der Waals surface area contributed by atoms with E-state index in [4.69, 9.17) is 0 Å².